The fourth-order valence-corrected chi connectivity index (χ4v) is 5.11. The summed E-state index contributed by atoms with van der Waals surface area (Å²) in [6.45, 7) is 7.26. The first-order valence-corrected chi connectivity index (χ1v) is 11.4. The number of nitrogens with zero attached hydrogens (tertiary/aromatic N) is 1. The lowest BCUT2D eigenvalue weighted by Gasteiger charge is -2.30. The highest BCUT2D eigenvalue weighted by atomic mass is 32.2. The molecule has 0 amide bonds. The van der Waals surface area contributed by atoms with Crippen LogP contribution in [0.15, 0.2) is 24.3 Å². The van der Waals surface area contributed by atoms with Crippen molar-refractivity contribution < 1.29 is 13.7 Å². The highest BCUT2D eigenvalue weighted by Crippen LogP contribution is 2.28. The number of carbonyl (C=O) groups is 1. The zero-order valence-corrected chi connectivity index (χ0v) is 18.3. The van der Waals surface area contributed by atoms with Crippen molar-refractivity contribution in [1.82, 2.24) is 4.90 Å². The van der Waals surface area contributed by atoms with E-state index in [2.05, 4.69) is 45.0 Å². The molecule has 1 aromatic carbocycles. The van der Waals surface area contributed by atoms with Gasteiger partial charge in [0.1, 0.15) is 6.10 Å². The average Bonchev–Trinajstić information content (AvgIpc) is 2.60. The van der Waals surface area contributed by atoms with Crippen LogP contribution in [0.3, 0.4) is 0 Å². The largest absolute Gasteiger partial charge is 0.461 e. The van der Waals surface area contributed by atoms with Gasteiger partial charge in [-0.1, -0.05) is 51.5 Å². The van der Waals surface area contributed by atoms with Gasteiger partial charge in [-0.3, -0.25) is 9.00 Å². The summed E-state index contributed by atoms with van der Waals surface area (Å²) in [5.41, 5.74) is 2.49. The van der Waals surface area contributed by atoms with E-state index in [1.807, 2.05) is 19.0 Å². The maximum atomic E-state index is 13.0. The molecule has 0 heterocycles. The van der Waals surface area contributed by atoms with Crippen LogP contribution in [0.25, 0.3) is 0 Å². The van der Waals surface area contributed by atoms with E-state index in [9.17, 15) is 9.00 Å². The third-order valence-electron chi connectivity index (χ3n) is 5.15. The topological polar surface area (TPSA) is 46.6 Å². The Morgan fingerprint density at radius 3 is 2.37 bits per heavy atom. The van der Waals surface area contributed by atoms with Crippen LogP contribution in [0.2, 0.25) is 0 Å². The molecule has 0 radical (unpaired) electrons. The predicted molar refractivity (Wildman–Crippen MR) is 112 cm³/mol. The van der Waals surface area contributed by atoms with E-state index in [1.165, 1.54) is 5.56 Å². The highest BCUT2D eigenvalue weighted by Gasteiger charge is 2.32. The number of hydrogen-bond acceptors (Lipinski definition) is 4. The third-order valence-corrected chi connectivity index (χ3v) is 6.99. The molecular formula is C22H35NO3S. The molecule has 0 bridgehead atoms. The van der Waals surface area contributed by atoms with Crippen LogP contribution in [0.5, 0.6) is 0 Å². The van der Waals surface area contributed by atoms with E-state index in [1.54, 1.807) is 0 Å². The molecule has 0 aromatic heterocycles. The molecule has 0 aliphatic heterocycles. The van der Waals surface area contributed by atoms with Gasteiger partial charge in [0.15, 0.2) is 0 Å². The maximum Gasteiger partial charge on any atom is 0.307 e. The van der Waals surface area contributed by atoms with Crippen LogP contribution >= 0.6 is 0 Å². The van der Waals surface area contributed by atoms with Crippen LogP contribution in [-0.4, -0.2) is 47.1 Å². The molecule has 152 valence electrons. The summed E-state index contributed by atoms with van der Waals surface area (Å²) in [7, 11) is 2.85. The van der Waals surface area contributed by atoms with Crippen LogP contribution in [0.4, 0.5) is 0 Å². The van der Waals surface area contributed by atoms with Gasteiger partial charge in [0.05, 0.1) is 11.7 Å². The zero-order chi connectivity index (χ0) is 20.0. The van der Waals surface area contributed by atoms with Gasteiger partial charge in [0, 0.05) is 23.1 Å². The summed E-state index contributed by atoms with van der Waals surface area (Å²) < 4.78 is 18.7. The Hall–Kier alpha value is -1.20. The fourth-order valence-electron chi connectivity index (χ4n) is 3.41. The second kappa shape index (κ2) is 9.83. The molecule has 1 aliphatic rings. The summed E-state index contributed by atoms with van der Waals surface area (Å²) in [4.78, 5) is 14.1. The molecule has 0 unspecified atom stereocenters. The van der Waals surface area contributed by atoms with E-state index in [-0.39, 0.29) is 22.7 Å². The van der Waals surface area contributed by atoms with Crippen molar-refractivity contribution in [2.75, 3.05) is 20.6 Å². The first-order chi connectivity index (χ1) is 12.7. The molecule has 1 fully saturated rings. The predicted octanol–water partition coefficient (Wildman–Crippen LogP) is 4.04. The third kappa shape index (κ3) is 7.04. The Morgan fingerprint density at radius 1 is 1.15 bits per heavy atom. The Morgan fingerprint density at radius 2 is 1.78 bits per heavy atom. The van der Waals surface area contributed by atoms with Gasteiger partial charge in [-0.05, 0) is 49.9 Å². The van der Waals surface area contributed by atoms with Gasteiger partial charge < -0.3 is 9.64 Å². The van der Waals surface area contributed by atoms with Crippen LogP contribution in [0, 0.1) is 0 Å². The van der Waals surface area contributed by atoms with Crippen LogP contribution in [-0.2, 0) is 31.5 Å². The van der Waals surface area contributed by atoms with Crippen molar-refractivity contribution in [3.63, 3.8) is 0 Å². The standard InChI is InChI=1S/C22H35NO3S/c1-22(2,3)18-12-10-17(11-13-18)16-27(25)20-9-7-6-8-19(20)26-21(24)14-15-23(4)5/h10-13,19-20H,6-9,14-16H2,1-5H3/t19-,20+,27-/m0/s1. The number of ether oxygens (including phenoxy) is 1. The Balaban J connectivity index is 1.97. The molecule has 2 rings (SSSR count). The lowest BCUT2D eigenvalue weighted by atomic mass is 9.87. The smallest absolute Gasteiger partial charge is 0.307 e. The van der Waals surface area contributed by atoms with Crippen LogP contribution in [0.1, 0.15) is 64.0 Å². The average molecular weight is 394 g/mol. The molecule has 0 saturated heterocycles. The van der Waals surface area contributed by atoms with E-state index in [4.69, 9.17) is 4.74 Å². The normalized spacial score (nSPS) is 21.9. The first-order valence-electron chi connectivity index (χ1n) is 9.97. The lowest BCUT2D eigenvalue weighted by molar-refractivity contribution is -0.150. The summed E-state index contributed by atoms with van der Waals surface area (Å²) in [6.07, 6.45) is 3.98. The second-order valence-corrected chi connectivity index (χ2v) is 10.5. The molecule has 1 saturated carbocycles. The van der Waals surface area contributed by atoms with Crippen molar-refractivity contribution >= 4 is 16.8 Å². The minimum absolute atomic E-state index is 0.0515. The number of hydrogen-bond donors (Lipinski definition) is 0. The van der Waals surface area contributed by atoms with Crippen molar-refractivity contribution in [1.29, 1.82) is 0 Å². The van der Waals surface area contributed by atoms with Gasteiger partial charge in [0.2, 0.25) is 0 Å². The van der Waals surface area contributed by atoms with E-state index in [0.717, 1.165) is 31.2 Å². The Kier molecular flexibility index (Phi) is 8.04. The zero-order valence-electron chi connectivity index (χ0n) is 17.5. The summed E-state index contributed by atoms with van der Waals surface area (Å²) in [5, 5.41) is -0.0515. The first kappa shape index (κ1) is 22.1. The van der Waals surface area contributed by atoms with E-state index in [0.29, 0.717) is 18.7 Å². The minimum atomic E-state index is -1.03. The Labute approximate surface area is 167 Å². The van der Waals surface area contributed by atoms with Crippen molar-refractivity contribution in [2.45, 2.75) is 75.4 Å². The van der Waals surface area contributed by atoms with Crippen molar-refractivity contribution in [3.8, 4) is 0 Å². The molecule has 27 heavy (non-hydrogen) atoms. The number of carbonyl (C=O) groups excluding carboxylic acids is 1. The molecule has 5 heteroatoms. The molecule has 4 nitrogen and oxygen atoms in total. The van der Waals surface area contributed by atoms with Crippen LogP contribution < -0.4 is 0 Å². The SMILES string of the molecule is CN(C)CCC(=O)O[C@H]1CCCC[C@H]1[S@@](=O)Cc1ccc(C(C)(C)C)cc1. The molecular weight excluding hydrogens is 358 g/mol. The summed E-state index contributed by atoms with van der Waals surface area (Å²) >= 11 is 0. The summed E-state index contributed by atoms with van der Waals surface area (Å²) in [6, 6.07) is 8.43. The van der Waals surface area contributed by atoms with Gasteiger partial charge in [0.25, 0.3) is 0 Å². The fraction of sp³-hybridized carbons (Fsp3) is 0.682. The molecule has 1 aromatic rings. The van der Waals surface area contributed by atoms with Gasteiger partial charge in [-0.25, -0.2) is 0 Å². The highest BCUT2D eigenvalue weighted by molar-refractivity contribution is 7.84. The lowest BCUT2D eigenvalue weighted by Crippen LogP contribution is -2.38. The number of benzene rings is 1. The summed E-state index contributed by atoms with van der Waals surface area (Å²) in [5.74, 6) is 0.355. The van der Waals surface area contributed by atoms with E-state index >= 15 is 0 Å². The monoisotopic (exact) mass is 393 g/mol. The second-order valence-electron chi connectivity index (χ2n) is 8.88. The quantitative estimate of drug-likeness (QED) is 0.656. The molecule has 0 N–H and O–H groups in total. The Bertz CT molecular complexity index is 634. The molecule has 1 aliphatic carbocycles. The minimum Gasteiger partial charge on any atom is -0.461 e. The van der Waals surface area contributed by atoms with Crippen molar-refractivity contribution in [2.24, 2.45) is 0 Å². The van der Waals surface area contributed by atoms with Crippen molar-refractivity contribution in [3.05, 3.63) is 35.4 Å². The van der Waals surface area contributed by atoms with Gasteiger partial charge in [-0.2, -0.15) is 0 Å². The maximum absolute atomic E-state index is 13.0. The van der Waals surface area contributed by atoms with E-state index < -0.39 is 10.8 Å². The number of esters is 1. The van der Waals surface area contributed by atoms with Gasteiger partial charge >= 0.3 is 5.97 Å². The van der Waals surface area contributed by atoms with Gasteiger partial charge in [-0.15, -0.1) is 0 Å². The molecule has 0 spiro atoms. The number of rotatable bonds is 7. The molecule has 3 atom stereocenters.